The van der Waals surface area contributed by atoms with Crippen LogP contribution >= 0.6 is 0 Å². The van der Waals surface area contributed by atoms with E-state index in [4.69, 9.17) is 4.74 Å². The Kier molecular flexibility index (Phi) is 5.04. The smallest absolute Gasteiger partial charge is 0.201 e. The molecule has 2 aliphatic carbocycles. The Morgan fingerprint density at radius 3 is 1.66 bits per heavy atom. The number of phenolic OH excluding ortho intramolecular Hbond substituents is 4. The number of rotatable bonds is 2. The summed E-state index contributed by atoms with van der Waals surface area (Å²) in [6.07, 6.45) is 0. The van der Waals surface area contributed by atoms with Crippen molar-refractivity contribution in [2.75, 3.05) is 7.11 Å². The van der Waals surface area contributed by atoms with Gasteiger partial charge < -0.3 is 25.2 Å². The molecule has 0 fully saturated rings. The fourth-order valence-corrected chi connectivity index (χ4v) is 6.19. The fraction of sp³-hybridized carbons (Fsp3) is 0.161. The summed E-state index contributed by atoms with van der Waals surface area (Å²) < 4.78 is 5.28. The SMILES string of the molecule is COc1ccc2c(c1O)C(=O)c1c(O)cc(C)cc1C2C1c2cccc(O)c2C(=O)c2c(O)cc(C)cc21. The minimum absolute atomic E-state index is 0.00182. The van der Waals surface area contributed by atoms with E-state index in [-0.39, 0.29) is 51.0 Å². The quantitative estimate of drug-likeness (QED) is 0.294. The van der Waals surface area contributed by atoms with Gasteiger partial charge in [-0.2, -0.15) is 0 Å². The number of phenols is 4. The molecule has 2 atom stereocenters. The van der Waals surface area contributed by atoms with Gasteiger partial charge in [0.15, 0.2) is 11.5 Å². The Hall–Kier alpha value is -4.78. The summed E-state index contributed by atoms with van der Waals surface area (Å²) in [5.74, 6) is -3.27. The molecule has 4 aromatic carbocycles. The Balaban J connectivity index is 1.78. The van der Waals surface area contributed by atoms with Crippen LogP contribution in [0.3, 0.4) is 0 Å². The van der Waals surface area contributed by atoms with Crippen molar-refractivity contribution in [2.45, 2.75) is 25.7 Å². The molecule has 2 aliphatic rings. The zero-order valence-electron chi connectivity index (χ0n) is 20.9. The first-order chi connectivity index (χ1) is 18.1. The van der Waals surface area contributed by atoms with E-state index in [0.717, 1.165) is 11.1 Å². The maximum absolute atomic E-state index is 13.8. The van der Waals surface area contributed by atoms with Gasteiger partial charge in [0, 0.05) is 11.8 Å². The number of methoxy groups -OCH3 is 1. The number of fused-ring (bicyclic) bond motifs is 4. The molecule has 0 aliphatic heterocycles. The van der Waals surface area contributed by atoms with Gasteiger partial charge in [-0.05, 0) is 71.5 Å². The van der Waals surface area contributed by atoms with Gasteiger partial charge in [-0.25, -0.2) is 0 Å². The Morgan fingerprint density at radius 1 is 0.605 bits per heavy atom. The summed E-state index contributed by atoms with van der Waals surface area (Å²) in [4.78, 5) is 27.4. The molecule has 0 radical (unpaired) electrons. The summed E-state index contributed by atoms with van der Waals surface area (Å²) in [6, 6.07) is 14.7. The molecule has 0 amide bonds. The highest BCUT2D eigenvalue weighted by Crippen LogP contribution is 2.56. The molecular weight excluding hydrogens is 484 g/mol. The predicted molar refractivity (Wildman–Crippen MR) is 139 cm³/mol. The predicted octanol–water partition coefficient (Wildman–Crippen LogP) is 5.19. The first-order valence-corrected chi connectivity index (χ1v) is 12.1. The normalized spacial score (nSPS) is 17.3. The highest BCUT2D eigenvalue weighted by Gasteiger charge is 2.45. The van der Waals surface area contributed by atoms with E-state index in [1.165, 1.54) is 25.3 Å². The van der Waals surface area contributed by atoms with Gasteiger partial charge in [-0.1, -0.05) is 30.3 Å². The van der Waals surface area contributed by atoms with Crippen LogP contribution in [0.15, 0.2) is 54.6 Å². The highest BCUT2D eigenvalue weighted by atomic mass is 16.5. The van der Waals surface area contributed by atoms with E-state index in [0.29, 0.717) is 22.3 Å². The van der Waals surface area contributed by atoms with Gasteiger partial charge in [-0.15, -0.1) is 0 Å². The zero-order valence-corrected chi connectivity index (χ0v) is 20.9. The molecule has 7 heteroatoms. The van der Waals surface area contributed by atoms with Crippen LogP contribution in [-0.4, -0.2) is 39.1 Å². The van der Waals surface area contributed by atoms with Crippen LogP contribution in [0, 0.1) is 13.8 Å². The molecule has 0 bridgehead atoms. The lowest BCUT2D eigenvalue weighted by Crippen LogP contribution is -2.29. The summed E-state index contributed by atoms with van der Waals surface area (Å²) in [5, 5.41) is 43.8. The zero-order chi connectivity index (χ0) is 27.0. The van der Waals surface area contributed by atoms with Crippen LogP contribution in [0.1, 0.15) is 77.1 Å². The van der Waals surface area contributed by atoms with Crippen LogP contribution in [0.25, 0.3) is 0 Å². The van der Waals surface area contributed by atoms with Crippen LogP contribution in [0.2, 0.25) is 0 Å². The number of benzene rings is 4. The third-order valence-electron chi connectivity index (χ3n) is 7.63. The Labute approximate surface area is 218 Å². The molecule has 4 aromatic rings. The standard InChI is InChI=1S/C31H24O7/c1-13-9-17-23(15-5-4-6-19(32)25(15)30(36)26(17)20(33)11-13)24-16-7-8-22(38-3)29(35)28(16)31(37)27-18(24)10-14(2)12-21(27)34/h4-12,23-24,32-35H,1-3H3. The van der Waals surface area contributed by atoms with Crippen molar-refractivity contribution in [1.82, 2.24) is 0 Å². The van der Waals surface area contributed by atoms with E-state index in [9.17, 15) is 30.0 Å². The van der Waals surface area contributed by atoms with E-state index in [1.54, 1.807) is 38.1 Å². The highest BCUT2D eigenvalue weighted by molar-refractivity contribution is 6.18. The van der Waals surface area contributed by atoms with Crippen LogP contribution < -0.4 is 4.74 Å². The Bertz CT molecular complexity index is 1720. The molecule has 0 saturated carbocycles. The second-order valence-corrected chi connectivity index (χ2v) is 9.93. The average Bonchev–Trinajstić information content (AvgIpc) is 2.84. The molecular formula is C31H24O7. The van der Waals surface area contributed by atoms with Crippen molar-refractivity contribution in [3.63, 3.8) is 0 Å². The lowest BCUT2D eigenvalue weighted by Gasteiger charge is -2.38. The van der Waals surface area contributed by atoms with Crippen molar-refractivity contribution in [3.05, 3.63) is 110 Å². The minimum Gasteiger partial charge on any atom is -0.507 e. The number of hydrogen-bond acceptors (Lipinski definition) is 7. The summed E-state index contributed by atoms with van der Waals surface area (Å²) in [6.45, 7) is 3.61. The van der Waals surface area contributed by atoms with Crippen molar-refractivity contribution in [1.29, 1.82) is 0 Å². The first kappa shape index (κ1) is 23.6. The van der Waals surface area contributed by atoms with Crippen molar-refractivity contribution in [2.24, 2.45) is 0 Å². The molecule has 0 saturated heterocycles. The fourth-order valence-electron chi connectivity index (χ4n) is 6.19. The average molecular weight is 509 g/mol. The van der Waals surface area contributed by atoms with Gasteiger partial charge in [0.25, 0.3) is 0 Å². The van der Waals surface area contributed by atoms with E-state index in [1.807, 2.05) is 12.1 Å². The minimum atomic E-state index is -0.672. The molecule has 2 unspecified atom stereocenters. The topological polar surface area (TPSA) is 124 Å². The van der Waals surface area contributed by atoms with Crippen LogP contribution in [0.4, 0.5) is 0 Å². The number of aromatic hydroxyl groups is 4. The van der Waals surface area contributed by atoms with Crippen molar-refractivity contribution >= 4 is 11.6 Å². The van der Waals surface area contributed by atoms with E-state index >= 15 is 0 Å². The third kappa shape index (κ3) is 3.08. The number of carbonyl (C=O) groups excluding carboxylic acids is 2. The molecule has 0 aromatic heterocycles. The Morgan fingerprint density at radius 2 is 1.11 bits per heavy atom. The molecule has 38 heavy (non-hydrogen) atoms. The lowest BCUT2D eigenvalue weighted by molar-refractivity contribution is 0.101. The molecule has 7 nitrogen and oxygen atoms in total. The van der Waals surface area contributed by atoms with Gasteiger partial charge >= 0.3 is 0 Å². The second-order valence-electron chi connectivity index (χ2n) is 9.93. The first-order valence-electron chi connectivity index (χ1n) is 12.1. The number of hydrogen-bond donors (Lipinski definition) is 4. The molecule has 0 spiro atoms. The largest absolute Gasteiger partial charge is 0.507 e. The van der Waals surface area contributed by atoms with Crippen LogP contribution in [0.5, 0.6) is 28.7 Å². The van der Waals surface area contributed by atoms with Gasteiger partial charge in [0.05, 0.1) is 29.4 Å². The lowest BCUT2D eigenvalue weighted by atomic mass is 9.63. The molecule has 190 valence electrons. The van der Waals surface area contributed by atoms with Gasteiger partial charge in [0.1, 0.15) is 17.2 Å². The van der Waals surface area contributed by atoms with E-state index in [2.05, 4.69) is 0 Å². The second kappa shape index (κ2) is 8.11. The maximum Gasteiger partial charge on any atom is 0.201 e. The summed E-state index contributed by atoms with van der Waals surface area (Å²) in [5.41, 5.74) is 3.67. The summed E-state index contributed by atoms with van der Waals surface area (Å²) in [7, 11) is 1.38. The number of aryl methyl sites for hydroxylation is 2. The van der Waals surface area contributed by atoms with Crippen molar-refractivity contribution < 1.29 is 34.8 Å². The van der Waals surface area contributed by atoms with Crippen LogP contribution in [-0.2, 0) is 0 Å². The molecule has 4 N–H and O–H groups in total. The molecule has 6 rings (SSSR count). The maximum atomic E-state index is 13.8. The van der Waals surface area contributed by atoms with Crippen molar-refractivity contribution in [3.8, 4) is 28.7 Å². The summed E-state index contributed by atoms with van der Waals surface area (Å²) >= 11 is 0. The number of ether oxygens (including phenoxy) is 1. The number of ketones is 2. The van der Waals surface area contributed by atoms with Gasteiger partial charge in [0.2, 0.25) is 11.6 Å². The van der Waals surface area contributed by atoms with Gasteiger partial charge in [-0.3, -0.25) is 9.59 Å². The monoisotopic (exact) mass is 508 g/mol. The number of carbonyl (C=O) groups is 2. The third-order valence-corrected chi connectivity index (χ3v) is 7.63. The molecule has 0 heterocycles. The van der Waals surface area contributed by atoms with E-state index < -0.39 is 23.4 Å².